The van der Waals surface area contributed by atoms with Gasteiger partial charge in [-0.3, -0.25) is 14.4 Å². The van der Waals surface area contributed by atoms with Crippen LogP contribution >= 0.6 is 11.6 Å². The standard InChI is InChI=1S/C24H27ClN2O6/c1-3-13-32-24(31)17-8-11-19(12-9-17)26-21(28)5-4-6-23(30)33-15-22(29)27-20-14-18(25)10-7-16(20)2/h7-12,14H,3-6,13,15H2,1-2H3,(H,26,28)(H,27,29). The normalized spacial score (nSPS) is 10.3. The highest BCUT2D eigenvalue weighted by Crippen LogP contribution is 2.20. The van der Waals surface area contributed by atoms with Gasteiger partial charge in [-0.15, -0.1) is 0 Å². The number of anilines is 2. The Bertz CT molecular complexity index is 991. The van der Waals surface area contributed by atoms with E-state index >= 15 is 0 Å². The summed E-state index contributed by atoms with van der Waals surface area (Å²) in [6, 6.07) is 11.4. The Kier molecular flexibility index (Phi) is 10.4. The molecule has 0 aliphatic heterocycles. The molecule has 2 aromatic rings. The van der Waals surface area contributed by atoms with Crippen LogP contribution in [0.15, 0.2) is 42.5 Å². The third-order valence-corrected chi connectivity index (χ3v) is 4.70. The highest BCUT2D eigenvalue weighted by atomic mass is 35.5. The molecule has 0 unspecified atom stereocenters. The second-order valence-corrected chi connectivity index (χ2v) is 7.72. The molecule has 2 aromatic carbocycles. The Hall–Kier alpha value is -3.39. The molecular weight excluding hydrogens is 448 g/mol. The number of esters is 2. The van der Waals surface area contributed by atoms with E-state index < -0.39 is 24.5 Å². The first kappa shape index (κ1) is 25.9. The molecule has 0 aromatic heterocycles. The van der Waals surface area contributed by atoms with Gasteiger partial charge in [0.2, 0.25) is 5.91 Å². The number of nitrogens with one attached hydrogen (secondary N) is 2. The average Bonchev–Trinajstić information content (AvgIpc) is 2.79. The lowest BCUT2D eigenvalue weighted by Crippen LogP contribution is -2.21. The highest BCUT2D eigenvalue weighted by molar-refractivity contribution is 6.31. The number of amides is 2. The van der Waals surface area contributed by atoms with E-state index in [1.807, 2.05) is 13.8 Å². The van der Waals surface area contributed by atoms with Crippen LogP contribution in [0, 0.1) is 6.92 Å². The number of aryl methyl sites for hydroxylation is 1. The van der Waals surface area contributed by atoms with Crippen molar-refractivity contribution in [3.8, 4) is 0 Å². The number of hydrogen-bond acceptors (Lipinski definition) is 6. The number of carbonyl (C=O) groups is 4. The molecule has 2 N–H and O–H groups in total. The van der Waals surface area contributed by atoms with E-state index in [1.165, 1.54) is 0 Å². The van der Waals surface area contributed by atoms with Crippen LogP contribution < -0.4 is 10.6 Å². The van der Waals surface area contributed by atoms with Crippen molar-refractivity contribution in [2.24, 2.45) is 0 Å². The third kappa shape index (κ3) is 9.33. The Balaban J connectivity index is 1.66. The fourth-order valence-corrected chi connectivity index (χ4v) is 2.89. The van der Waals surface area contributed by atoms with E-state index in [9.17, 15) is 19.2 Å². The molecule has 0 heterocycles. The van der Waals surface area contributed by atoms with Crippen molar-refractivity contribution in [1.29, 1.82) is 0 Å². The maximum Gasteiger partial charge on any atom is 0.338 e. The van der Waals surface area contributed by atoms with Gasteiger partial charge in [0.25, 0.3) is 5.91 Å². The number of ether oxygens (including phenoxy) is 2. The predicted octanol–water partition coefficient (Wildman–Crippen LogP) is 4.51. The molecule has 2 rings (SSSR count). The summed E-state index contributed by atoms with van der Waals surface area (Å²) < 4.78 is 10.00. The summed E-state index contributed by atoms with van der Waals surface area (Å²) in [7, 11) is 0. The summed E-state index contributed by atoms with van der Waals surface area (Å²) >= 11 is 5.91. The SMILES string of the molecule is CCCOC(=O)c1ccc(NC(=O)CCCC(=O)OCC(=O)Nc2cc(Cl)ccc2C)cc1. The summed E-state index contributed by atoms with van der Waals surface area (Å²) in [4.78, 5) is 47.6. The first-order chi connectivity index (χ1) is 15.8. The van der Waals surface area contributed by atoms with Gasteiger partial charge in [0.1, 0.15) is 0 Å². The van der Waals surface area contributed by atoms with Crippen molar-refractivity contribution in [2.75, 3.05) is 23.8 Å². The number of benzene rings is 2. The molecule has 176 valence electrons. The molecule has 0 aliphatic carbocycles. The molecule has 0 fully saturated rings. The molecule has 9 heteroatoms. The zero-order valence-electron chi connectivity index (χ0n) is 18.6. The van der Waals surface area contributed by atoms with Gasteiger partial charge in [-0.1, -0.05) is 24.6 Å². The van der Waals surface area contributed by atoms with E-state index in [4.69, 9.17) is 21.1 Å². The number of rotatable bonds is 11. The maximum absolute atomic E-state index is 12.1. The fourth-order valence-electron chi connectivity index (χ4n) is 2.72. The second-order valence-electron chi connectivity index (χ2n) is 7.28. The first-order valence-corrected chi connectivity index (χ1v) is 10.9. The number of halogens is 1. The minimum atomic E-state index is -0.573. The average molecular weight is 475 g/mol. The molecule has 2 amide bonds. The lowest BCUT2D eigenvalue weighted by atomic mass is 10.2. The van der Waals surface area contributed by atoms with Gasteiger partial charge in [0, 0.05) is 29.2 Å². The Morgan fingerprint density at radius 2 is 1.64 bits per heavy atom. The molecule has 0 radical (unpaired) electrons. The van der Waals surface area contributed by atoms with E-state index in [1.54, 1.807) is 42.5 Å². The summed E-state index contributed by atoms with van der Waals surface area (Å²) in [6.07, 6.45) is 1.10. The van der Waals surface area contributed by atoms with Gasteiger partial charge in [-0.25, -0.2) is 4.79 Å². The topological polar surface area (TPSA) is 111 Å². The van der Waals surface area contributed by atoms with Crippen molar-refractivity contribution in [1.82, 2.24) is 0 Å². The minimum absolute atomic E-state index is 0.000893. The monoisotopic (exact) mass is 474 g/mol. The lowest BCUT2D eigenvalue weighted by Gasteiger charge is -2.09. The van der Waals surface area contributed by atoms with E-state index in [2.05, 4.69) is 10.6 Å². The summed E-state index contributed by atoms with van der Waals surface area (Å²) in [6.45, 7) is 3.65. The summed E-state index contributed by atoms with van der Waals surface area (Å²) in [5.74, 6) is -1.74. The van der Waals surface area contributed by atoms with Crippen LogP contribution in [-0.4, -0.2) is 37.0 Å². The van der Waals surface area contributed by atoms with Gasteiger partial charge >= 0.3 is 11.9 Å². The maximum atomic E-state index is 12.1. The van der Waals surface area contributed by atoms with Gasteiger partial charge in [-0.2, -0.15) is 0 Å². The first-order valence-electron chi connectivity index (χ1n) is 10.6. The predicted molar refractivity (Wildman–Crippen MR) is 125 cm³/mol. The Morgan fingerprint density at radius 3 is 2.33 bits per heavy atom. The van der Waals surface area contributed by atoms with Crippen molar-refractivity contribution in [3.05, 3.63) is 58.6 Å². The largest absolute Gasteiger partial charge is 0.462 e. The molecule has 0 spiro atoms. The van der Waals surface area contributed by atoms with Crippen LogP contribution in [0.4, 0.5) is 11.4 Å². The molecular formula is C24H27ClN2O6. The molecule has 0 saturated carbocycles. The molecule has 0 saturated heterocycles. The van der Waals surface area contributed by atoms with Crippen molar-refractivity contribution in [2.45, 2.75) is 39.5 Å². The zero-order chi connectivity index (χ0) is 24.2. The minimum Gasteiger partial charge on any atom is -0.462 e. The summed E-state index contributed by atoms with van der Waals surface area (Å²) in [5.41, 5.74) is 2.31. The molecule has 33 heavy (non-hydrogen) atoms. The van der Waals surface area contributed by atoms with Crippen LogP contribution in [0.5, 0.6) is 0 Å². The number of carbonyl (C=O) groups excluding carboxylic acids is 4. The fraction of sp³-hybridized carbons (Fsp3) is 0.333. The van der Waals surface area contributed by atoms with E-state index in [0.717, 1.165) is 12.0 Å². The van der Waals surface area contributed by atoms with Crippen molar-refractivity contribution in [3.63, 3.8) is 0 Å². The number of hydrogen-bond donors (Lipinski definition) is 2. The van der Waals surface area contributed by atoms with Crippen LogP contribution in [0.1, 0.15) is 48.5 Å². The molecule has 0 bridgehead atoms. The van der Waals surface area contributed by atoms with Crippen molar-refractivity contribution < 1.29 is 28.7 Å². The third-order valence-electron chi connectivity index (χ3n) is 4.46. The Labute approximate surface area is 197 Å². The smallest absolute Gasteiger partial charge is 0.338 e. The highest BCUT2D eigenvalue weighted by Gasteiger charge is 2.11. The van der Waals surface area contributed by atoms with Gasteiger partial charge < -0.3 is 20.1 Å². The lowest BCUT2D eigenvalue weighted by molar-refractivity contribution is -0.147. The van der Waals surface area contributed by atoms with Crippen LogP contribution in [0.2, 0.25) is 5.02 Å². The van der Waals surface area contributed by atoms with Gasteiger partial charge in [-0.05, 0) is 61.7 Å². The summed E-state index contributed by atoms with van der Waals surface area (Å²) in [5, 5.41) is 5.81. The van der Waals surface area contributed by atoms with Crippen LogP contribution in [0.25, 0.3) is 0 Å². The zero-order valence-corrected chi connectivity index (χ0v) is 19.4. The van der Waals surface area contributed by atoms with Gasteiger partial charge in [0.15, 0.2) is 6.61 Å². The quantitative estimate of drug-likeness (QED) is 0.464. The van der Waals surface area contributed by atoms with Crippen LogP contribution in [0.3, 0.4) is 0 Å². The second kappa shape index (κ2) is 13.2. The van der Waals surface area contributed by atoms with E-state index in [0.29, 0.717) is 28.6 Å². The van der Waals surface area contributed by atoms with Gasteiger partial charge in [0.05, 0.1) is 12.2 Å². The Morgan fingerprint density at radius 1 is 0.909 bits per heavy atom. The van der Waals surface area contributed by atoms with Crippen LogP contribution in [-0.2, 0) is 23.9 Å². The van der Waals surface area contributed by atoms with Crippen molar-refractivity contribution >= 4 is 46.7 Å². The van der Waals surface area contributed by atoms with E-state index in [-0.39, 0.29) is 25.2 Å². The molecule has 8 nitrogen and oxygen atoms in total. The molecule has 0 atom stereocenters. The molecule has 0 aliphatic rings.